The first-order valence-electron chi connectivity index (χ1n) is 5.41. The molecular formula is C13H21N. The van der Waals surface area contributed by atoms with Crippen LogP contribution in [0.3, 0.4) is 0 Å². The maximum atomic E-state index is 8.71. The summed E-state index contributed by atoms with van der Waals surface area (Å²) in [5, 5.41) is 8.71. The van der Waals surface area contributed by atoms with E-state index in [-0.39, 0.29) is 5.92 Å². The van der Waals surface area contributed by atoms with Gasteiger partial charge in [-0.25, -0.2) is 0 Å². The molecule has 0 spiro atoms. The van der Waals surface area contributed by atoms with Crippen molar-refractivity contribution < 1.29 is 0 Å². The molecule has 0 bridgehead atoms. The Morgan fingerprint density at radius 1 is 1.43 bits per heavy atom. The molecule has 0 radical (unpaired) electrons. The maximum absolute atomic E-state index is 8.71. The SMILES string of the molecule is C=CC(C)CC/C=C/CC(C#N)CC. The highest BCUT2D eigenvalue weighted by Crippen LogP contribution is 2.10. The van der Waals surface area contributed by atoms with E-state index in [2.05, 4.69) is 38.6 Å². The van der Waals surface area contributed by atoms with E-state index < -0.39 is 0 Å². The van der Waals surface area contributed by atoms with Crippen LogP contribution in [0.2, 0.25) is 0 Å². The van der Waals surface area contributed by atoms with Crippen molar-refractivity contribution >= 4 is 0 Å². The van der Waals surface area contributed by atoms with E-state index in [4.69, 9.17) is 5.26 Å². The first kappa shape index (κ1) is 13.0. The van der Waals surface area contributed by atoms with Crippen LogP contribution in [0, 0.1) is 23.2 Å². The summed E-state index contributed by atoms with van der Waals surface area (Å²) in [6, 6.07) is 2.30. The van der Waals surface area contributed by atoms with Gasteiger partial charge in [0.2, 0.25) is 0 Å². The number of nitriles is 1. The van der Waals surface area contributed by atoms with Crippen molar-refractivity contribution in [3.05, 3.63) is 24.8 Å². The molecule has 2 unspecified atom stereocenters. The Hall–Kier alpha value is -1.03. The normalized spacial score (nSPS) is 14.9. The lowest BCUT2D eigenvalue weighted by Crippen LogP contribution is -1.91. The van der Waals surface area contributed by atoms with Crippen LogP contribution >= 0.6 is 0 Å². The van der Waals surface area contributed by atoms with Gasteiger partial charge in [-0.3, -0.25) is 0 Å². The smallest absolute Gasteiger partial charge is 0.0658 e. The molecule has 0 fully saturated rings. The number of hydrogen-bond acceptors (Lipinski definition) is 1. The summed E-state index contributed by atoms with van der Waals surface area (Å²) in [7, 11) is 0. The molecule has 14 heavy (non-hydrogen) atoms. The van der Waals surface area contributed by atoms with Gasteiger partial charge < -0.3 is 0 Å². The van der Waals surface area contributed by atoms with Crippen molar-refractivity contribution in [2.75, 3.05) is 0 Å². The van der Waals surface area contributed by atoms with Crippen molar-refractivity contribution in [2.45, 2.75) is 39.5 Å². The van der Waals surface area contributed by atoms with Crippen LogP contribution in [0.5, 0.6) is 0 Å². The second-order valence-electron chi connectivity index (χ2n) is 3.73. The molecule has 0 aromatic carbocycles. The molecule has 0 aliphatic heterocycles. The zero-order valence-electron chi connectivity index (χ0n) is 9.37. The van der Waals surface area contributed by atoms with Crippen LogP contribution in [0.15, 0.2) is 24.8 Å². The number of nitrogens with zero attached hydrogens (tertiary/aromatic N) is 1. The summed E-state index contributed by atoms with van der Waals surface area (Å²) in [5.41, 5.74) is 0. The van der Waals surface area contributed by atoms with Gasteiger partial charge in [-0.1, -0.05) is 32.1 Å². The fraction of sp³-hybridized carbons (Fsp3) is 0.615. The molecule has 0 aromatic rings. The fourth-order valence-corrected chi connectivity index (χ4v) is 1.17. The quantitative estimate of drug-likeness (QED) is 0.556. The standard InChI is InChI=1S/C13H21N/c1-4-12(3)9-7-6-8-10-13(5-2)11-14/h4,6,8,12-13H,1,5,7,9-10H2,2-3H3/b8-6+. The van der Waals surface area contributed by atoms with Gasteiger partial charge in [0.05, 0.1) is 6.07 Å². The zero-order chi connectivity index (χ0) is 10.8. The average Bonchev–Trinajstić information content (AvgIpc) is 2.23. The van der Waals surface area contributed by atoms with E-state index in [9.17, 15) is 0 Å². The van der Waals surface area contributed by atoms with E-state index in [0.29, 0.717) is 5.92 Å². The predicted molar refractivity (Wildman–Crippen MR) is 61.7 cm³/mol. The molecule has 0 aliphatic rings. The fourth-order valence-electron chi connectivity index (χ4n) is 1.17. The molecule has 0 amide bonds. The zero-order valence-corrected chi connectivity index (χ0v) is 9.37. The van der Waals surface area contributed by atoms with Gasteiger partial charge in [0.1, 0.15) is 0 Å². The second kappa shape index (κ2) is 8.56. The van der Waals surface area contributed by atoms with Crippen LogP contribution in [-0.4, -0.2) is 0 Å². The van der Waals surface area contributed by atoms with Crippen molar-refractivity contribution in [2.24, 2.45) is 11.8 Å². The van der Waals surface area contributed by atoms with Crippen molar-refractivity contribution in [1.82, 2.24) is 0 Å². The number of rotatable bonds is 7. The minimum absolute atomic E-state index is 0.197. The maximum Gasteiger partial charge on any atom is 0.0658 e. The van der Waals surface area contributed by atoms with E-state index in [1.165, 1.54) is 0 Å². The molecule has 0 heterocycles. The first-order chi connectivity index (χ1) is 6.74. The molecule has 0 rings (SSSR count). The van der Waals surface area contributed by atoms with Crippen LogP contribution in [0.4, 0.5) is 0 Å². The van der Waals surface area contributed by atoms with E-state index in [1.807, 2.05) is 6.08 Å². The summed E-state index contributed by atoms with van der Waals surface area (Å²) in [6.45, 7) is 7.98. The predicted octanol–water partition coefficient (Wildman–Crippen LogP) is 4.08. The third-order valence-electron chi connectivity index (χ3n) is 2.45. The average molecular weight is 191 g/mol. The van der Waals surface area contributed by atoms with Crippen LogP contribution < -0.4 is 0 Å². The Kier molecular flexibility index (Phi) is 7.93. The van der Waals surface area contributed by atoms with Crippen molar-refractivity contribution in [3.8, 4) is 6.07 Å². The lowest BCUT2D eigenvalue weighted by Gasteiger charge is -2.02. The summed E-state index contributed by atoms with van der Waals surface area (Å²) >= 11 is 0. The van der Waals surface area contributed by atoms with Gasteiger partial charge in [-0.15, -0.1) is 6.58 Å². The topological polar surface area (TPSA) is 23.8 Å². The van der Waals surface area contributed by atoms with Gasteiger partial charge >= 0.3 is 0 Å². The second-order valence-corrected chi connectivity index (χ2v) is 3.73. The Balaban J connectivity index is 3.54. The highest BCUT2D eigenvalue weighted by Gasteiger charge is 1.99. The molecule has 0 saturated heterocycles. The lowest BCUT2D eigenvalue weighted by molar-refractivity contribution is 0.641. The van der Waals surface area contributed by atoms with Gasteiger partial charge in [0.15, 0.2) is 0 Å². The summed E-state index contributed by atoms with van der Waals surface area (Å²) < 4.78 is 0. The highest BCUT2D eigenvalue weighted by atomic mass is 14.3. The summed E-state index contributed by atoms with van der Waals surface area (Å²) in [6.07, 6.45) is 10.4. The Bertz CT molecular complexity index is 210. The molecule has 0 saturated carbocycles. The first-order valence-corrected chi connectivity index (χ1v) is 5.41. The van der Waals surface area contributed by atoms with Gasteiger partial charge in [0.25, 0.3) is 0 Å². The monoisotopic (exact) mass is 191 g/mol. The Labute approximate surface area is 88.1 Å². The van der Waals surface area contributed by atoms with Crippen LogP contribution in [0.25, 0.3) is 0 Å². The summed E-state index contributed by atoms with van der Waals surface area (Å²) in [5.74, 6) is 0.792. The van der Waals surface area contributed by atoms with E-state index in [0.717, 1.165) is 25.7 Å². The van der Waals surface area contributed by atoms with Crippen LogP contribution in [0.1, 0.15) is 39.5 Å². The van der Waals surface area contributed by atoms with Crippen LogP contribution in [-0.2, 0) is 0 Å². The molecular weight excluding hydrogens is 170 g/mol. The Morgan fingerprint density at radius 3 is 2.64 bits per heavy atom. The molecule has 1 nitrogen and oxygen atoms in total. The van der Waals surface area contributed by atoms with Gasteiger partial charge in [-0.05, 0) is 31.6 Å². The molecule has 78 valence electrons. The lowest BCUT2D eigenvalue weighted by atomic mass is 10.0. The minimum Gasteiger partial charge on any atom is -0.198 e. The Morgan fingerprint density at radius 2 is 2.14 bits per heavy atom. The third kappa shape index (κ3) is 6.48. The largest absolute Gasteiger partial charge is 0.198 e. The van der Waals surface area contributed by atoms with Gasteiger partial charge in [-0.2, -0.15) is 5.26 Å². The molecule has 0 aliphatic carbocycles. The van der Waals surface area contributed by atoms with Crippen molar-refractivity contribution in [1.29, 1.82) is 5.26 Å². The van der Waals surface area contributed by atoms with E-state index >= 15 is 0 Å². The molecule has 1 heteroatoms. The number of hydrogen-bond donors (Lipinski definition) is 0. The molecule has 0 N–H and O–H groups in total. The molecule has 0 aromatic heterocycles. The number of allylic oxidation sites excluding steroid dienone is 3. The van der Waals surface area contributed by atoms with E-state index in [1.54, 1.807) is 0 Å². The van der Waals surface area contributed by atoms with Crippen molar-refractivity contribution in [3.63, 3.8) is 0 Å². The third-order valence-corrected chi connectivity index (χ3v) is 2.45. The summed E-state index contributed by atoms with van der Waals surface area (Å²) in [4.78, 5) is 0. The highest BCUT2D eigenvalue weighted by molar-refractivity contribution is 4.92. The minimum atomic E-state index is 0.197. The molecule has 2 atom stereocenters. The van der Waals surface area contributed by atoms with Gasteiger partial charge in [0, 0.05) is 5.92 Å².